The van der Waals surface area contributed by atoms with Gasteiger partial charge in [-0.15, -0.1) is 5.10 Å². The first-order chi connectivity index (χ1) is 9.15. The Balaban J connectivity index is 1.93. The van der Waals surface area contributed by atoms with Crippen LogP contribution in [0.1, 0.15) is 5.69 Å². The first-order valence-corrected chi connectivity index (χ1v) is 5.97. The van der Waals surface area contributed by atoms with Crippen LogP contribution >= 0.6 is 11.5 Å². The van der Waals surface area contributed by atoms with Crippen molar-refractivity contribution in [3.05, 3.63) is 24.4 Å². The van der Waals surface area contributed by atoms with Gasteiger partial charge in [-0.25, -0.2) is 14.6 Å². The smallest absolute Gasteiger partial charge is 0.326 e. The van der Waals surface area contributed by atoms with Crippen LogP contribution in [0.5, 0.6) is 0 Å². The Kier molecular flexibility index (Phi) is 4.03. The Morgan fingerprint density at radius 2 is 2.32 bits per heavy atom. The first kappa shape index (κ1) is 13.0. The Hall–Kier alpha value is -2.49. The second-order valence-corrected chi connectivity index (χ2v) is 4.34. The summed E-state index contributed by atoms with van der Waals surface area (Å²) in [4.78, 5) is 29.2. The van der Waals surface area contributed by atoms with Gasteiger partial charge in [-0.05, 0) is 0 Å². The number of nitrogens with one attached hydrogen (secondary N) is 3. The maximum Gasteiger partial charge on any atom is 0.326 e. The van der Waals surface area contributed by atoms with Crippen LogP contribution in [0.3, 0.4) is 0 Å². The average Bonchev–Trinajstić information content (AvgIpc) is 3.00. The SMILES string of the molecule is O=C(Nc1cnns1)N[C@@H](Cc1cnc[nH]1)C(=O)O. The molecule has 0 fully saturated rings. The summed E-state index contributed by atoms with van der Waals surface area (Å²) in [5, 5.41) is 17.8. The number of anilines is 1. The molecule has 0 aliphatic heterocycles. The zero-order valence-electron chi connectivity index (χ0n) is 9.53. The molecule has 2 heterocycles. The monoisotopic (exact) mass is 282 g/mol. The van der Waals surface area contributed by atoms with E-state index in [0.29, 0.717) is 10.7 Å². The van der Waals surface area contributed by atoms with Crippen molar-refractivity contribution in [3.8, 4) is 0 Å². The van der Waals surface area contributed by atoms with Gasteiger partial charge in [0.15, 0.2) is 0 Å². The number of rotatable bonds is 5. The normalized spacial score (nSPS) is 11.8. The van der Waals surface area contributed by atoms with Gasteiger partial charge in [-0.2, -0.15) is 0 Å². The number of urea groups is 1. The van der Waals surface area contributed by atoms with Gasteiger partial charge in [0.1, 0.15) is 11.0 Å². The Morgan fingerprint density at radius 3 is 2.89 bits per heavy atom. The molecule has 0 unspecified atom stereocenters. The van der Waals surface area contributed by atoms with Gasteiger partial charge in [-0.3, -0.25) is 5.32 Å². The number of hydrogen-bond acceptors (Lipinski definition) is 6. The van der Waals surface area contributed by atoms with Crippen LogP contribution in [0.4, 0.5) is 9.80 Å². The van der Waals surface area contributed by atoms with Crippen LogP contribution in [0.2, 0.25) is 0 Å². The number of H-pyrrole nitrogens is 1. The molecule has 0 aliphatic carbocycles. The van der Waals surface area contributed by atoms with Crippen molar-refractivity contribution >= 4 is 28.5 Å². The first-order valence-electron chi connectivity index (χ1n) is 5.20. The second-order valence-electron chi connectivity index (χ2n) is 3.55. The van der Waals surface area contributed by atoms with Crippen molar-refractivity contribution in [2.75, 3.05) is 5.32 Å². The van der Waals surface area contributed by atoms with Crippen molar-refractivity contribution in [3.63, 3.8) is 0 Å². The number of aromatic amines is 1. The fourth-order valence-corrected chi connectivity index (χ4v) is 1.76. The van der Waals surface area contributed by atoms with Crippen molar-refractivity contribution in [2.45, 2.75) is 12.5 Å². The van der Waals surface area contributed by atoms with Gasteiger partial charge in [0.2, 0.25) is 0 Å². The minimum atomic E-state index is -1.13. The number of carboxylic acid groups (broad SMARTS) is 1. The van der Waals surface area contributed by atoms with Crippen molar-refractivity contribution in [2.24, 2.45) is 0 Å². The maximum absolute atomic E-state index is 11.6. The number of aromatic nitrogens is 4. The van der Waals surface area contributed by atoms with Crippen molar-refractivity contribution in [1.82, 2.24) is 24.9 Å². The average molecular weight is 282 g/mol. The molecule has 1 atom stereocenters. The lowest BCUT2D eigenvalue weighted by molar-refractivity contribution is -0.139. The number of carbonyl (C=O) groups excluding carboxylic acids is 1. The van der Waals surface area contributed by atoms with Crippen LogP contribution in [0.25, 0.3) is 0 Å². The molecule has 0 aliphatic rings. The second kappa shape index (κ2) is 5.91. The summed E-state index contributed by atoms with van der Waals surface area (Å²) >= 11 is 0.995. The third kappa shape index (κ3) is 3.74. The molecule has 0 radical (unpaired) electrons. The molecule has 0 saturated carbocycles. The van der Waals surface area contributed by atoms with Gasteiger partial charge < -0.3 is 15.4 Å². The van der Waals surface area contributed by atoms with Gasteiger partial charge in [0.05, 0.1) is 12.5 Å². The Morgan fingerprint density at radius 1 is 1.47 bits per heavy atom. The fourth-order valence-electron chi connectivity index (χ4n) is 1.34. The quantitative estimate of drug-likeness (QED) is 0.613. The van der Waals surface area contributed by atoms with E-state index in [0.717, 1.165) is 11.5 Å². The molecule has 9 nitrogen and oxygen atoms in total. The molecule has 2 amide bonds. The predicted molar refractivity (Wildman–Crippen MR) is 65.8 cm³/mol. The molecule has 0 saturated heterocycles. The number of amides is 2. The topological polar surface area (TPSA) is 133 Å². The zero-order valence-corrected chi connectivity index (χ0v) is 10.3. The molecule has 10 heteroatoms. The number of carbonyl (C=O) groups is 2. The lowest BCUT2D eigenvalue weighted by Crippen LogP contribution is -2.44. The van der Waals surface area contributed by atoms with Crippen LogP contribution < -0.4 is 10.6 Å². The van der Waals surface area contributed by atoms with Gasteiger partial charge in [0, 0.05) is 29.8 Å². The molecule has 2 rings (SSSR count). The van der Waals surface area contributed by atoms with E-state index < -0.39 is 18.0 Å². The Labute approximate surface area is 111 Å². The van der Waals surface area contributed by atoms with Crippen molar-refractivity contribution < 1.29 is 14.7 Å². The van der Waals surface area contributed by atoms with E-state index in [1.54, 1.807) is 0 Å². The van der Waals surface area contributed by atoms with E-state index in [-0.39, 0.29) is 6.42 Å². The van der Waals surface area contributed by atoms with Gasteiger partial charge >= 0.3 is 12.0 Å². The summed E-state index contributed by atoms with van der Waals surface area (Å²) < 4.78 is 3.57. The summed E-state index contributed by atoms with van der Waals surface area (Å²) in [5.74, 6) is -1.13. The highest BCUT2D eigenvalue weighted by atomic mass is 32.1. The lowest BCUT2D eigenvalue weighted by Gasteiger charge is -2.13. The predicted octanol–water partition coefficient (Wildman–Crippen LogP) is 0.0786. The van der Waals surface area contributed by atoms with E-state index in [1.165, 1.54) is 18.7 Å². The number of aliphatic carboxylic acids is 1. The fraction of sp³-hybridized carbons (Fsp3) is 0.222. The minimum absolute atomic E-state index is 0.115. The van der Waals surface area contributed by atoms with Gasteiger partial charge in [-0.1, -0.05) is 4.49 Å². The number of hydrogen-bond donors (Lipinski definition) is 4. The minimum Gasteiger partial charge on any atom is -0.480 e. The van der Waals surface area contributed by atoms with Gasteiger partial charge in [0.25, 0.3) is 0 Å². The highest BCUT2D eigenvalue weighted by molar-refractivity contribution is 7.10. The number of carboxylic acids is 1. The summed E-state index contributed by atoms with van der Waals surface area (Å²) in [6, 6.07) is -1.68. The molecule has 0 spiro atoms. The summed E-state index contributed by atoms with van der Waals surface area (Å²) in [6.07, 6.45) is 4.43. The summed E-state index contributed by atoms with van der Waals surface area (Å²) in [7, 11) is 0. The standard InChI is InChI=1S/C9H10N6O3S/c16-8(17)6(1-5-2-10-4-11-5)13-9(18)14-7-3-12-15-19-7/h2-4,6H,1H2,(H,10,11)(H,16,17)(H2,13,14,18)/t6-/m0/s1. The molecule has 19 heavy (non-hydrogen) atoms. The van der Waals surface area contributed by atoms with Crippen molar-refractivity contribution in [1.29, 1.82) is 0 Å². The molecule has 2 aromatic rings. The molecule has 100 valence electrons. The molecule has 0 bridgehead atoms. The van der Waals surface area contributed by atoms with Crippen LogP contribution in [-0.4, -0.2) is 42.7 Å². The number of nitrogens with zero attached hydrogens (tertiary/aromatic N) is 3. The van der Waals surface area contributed by atoms with Crippen LogP contribution in [-0.2, 0) is 11.2 Å². The summed E-state index contributed by atoms with van der Waals surface area (Å²) in [5.41, 5.74) is 0.618. The molecule has 4 N–H and O–H groups in total. The zero-order chi connectivity index (χ0) is 13.7. The molecular weight excluding hydrogens is 272 g/mol. The van der Waals surface area contributed by atoms with E-state index in [4.69, 9.17) is 5.11 Å². The Bertz CT molecular complexity index is 540. The third-order valence-corrected chi connectivity index (χ3v) is 2.76. The molecular formula is C9H10N6O3S. The molecule has 0 aromatic carbocycles. The van der Waals surface area contributed by atoms with E-state index >= 15 is 0 Å². The van der Waals surface area contributed by atoms with Crippen LogP contribution in [0.15, 0.2) is 18.7 Å². The van der Waals surface area contributed by atoms with E-state index in [1.807, 2.05) is 0 Å². The van der Waals surface area contributed by atoms with E-state index in [9.17, 15) is 9.59 Å². The van der Waals surface area contributed by atoms with Crippen LogP contribution in [0, 0.1) is 0 Å². The number of imidazole rings is 1. The highest BCUT2D eigenvalue weighted by Gasteiger charge is 2.21. The van der Waals surface area contributed by atoms with E-state index in [2.05, 4.69) is 30.2 Å². The highest BCUT2D eigenvalue weighted by Crippen LogP contribution is 2.08. The molecule has 2 aromatic heterocycles. The lowest BCUT2D eigenvalue weighted by atomic mass is 10.2. The largest absolute Gasteiger partial charge is 0.480 e. The maximum atomic E-state index is 11.6. The summed E-state index contributed by atoms with van der Waals surface area (Å²) in [6.45, 7) is 0. The third-order valence-electron chi connectivity index (χ3n) is 2.18.